The number of hydrogen-bond acceptors (Lipinski definition) is 4. The fourth-order valence-electron chi connectivity index (χ4n) is 1.76. The summed E-state index contributed by atoms with van der Waals surface area (Å²) in [6.07, 6.45) is 1.56. The SMILES string of the molecule is O=C(O)c1ccc2nc(-c3cc[nH]c(=O)c3)sc2c1. The molecule has 94 valence electrons. The van der Waals surface area contributed by atoms with Gasteiger partial charge in [0, 0.05) is 17.8 Å². The first kappa shape index (κ1) is 11.6. The number of aromatic carboxylic acids is 1. The van der Waals surface area contributed by atoms with Crippen molar-refractivity contribution in [3.05, 3.63) is 52.4 Å². The molecule has 1 aromatic carbocycles. The standard InChI is InChI=1S/C13H8N2O3S/c16-11-6-7(3-4-14-11)12-15-9-2-1-8(13(17)18)5-10(9)19-12/h1-6H,(H,14,16)(H,17,18). The molecule has 3 rings (SSSR count). The molecule has 19 heavy (non-hydrogen) atoms. The molecule has 3 aromatic rings. The Bertz CT molecular complexity index is 835. The average molecular weight is 272 g/mol. The van der Waals surface area contributed by atoms with Crippen LogP contribution in [0.1, 0.15) is 10.4 Å². The van der Waals surface area contributed by atoms with Crippen molar-refractivity contribution in [2.24, 2.45) is 0 Å². The minimum absolute atomic E-state index is 0.192. The third kappa shape index (κ3) is 2.13. The van der Waals surface area contributed by atoms with Crippen molar-refractivity contribution in [1.82, 2.24) is 9.97 Å². The molecule has 0 saturated carbocycles. The van der Waals surface area contributed by atoms with Crippen LogP contribution in [0.4, 0.5) is 0 Å². The van der Waals surface area contributed by atoms with Crippen molar-refractivity contribution in [3.8, 4) is 10.6 Å². The lowest BCUT2D eigenvalue weighted by molar-refractivity contribution is 0.0697. The summed E-state index contributed by atoms with van der Waals surface area (Å²) < 4.78 is 0.787. The van der Waals surface area contributed by atoms with Crippen LogP contribution in [0.3, 0.4) is 0 Å². The molecule has 5 nitrogen and oxygen atoms in total. The van der Waals surface area contributed by atoms with E-state index in [-0.39, 0.29) is 11.1 Å². The van der Waals surface area contributed by atoms with E-state index < -0.39 is 5.97 Å². The van der Waals surface area contributed by atoms with Crippen LogP contribution in [0.5, 0.6) is 0 Å². The number of hydrogen-bond donors (Lipinski definition) is 2. The van der Waals surface area contributed by atoms with Crippen molar-refractivity contribution >= 4 is 27.5 Å². The summed E-state index contributed by atoms with van der Waals surface area (Å²) in [5.41, 5.74) is 1.49. The zero-order valence-corrected chi connectivity index (χ0v) is 10.4. The van der Waals surface area contributed by atoms with Gasteiger partial charge < -0.3 is 10.1 Å². The molecule has 0 atom stereocenters. The largest absolute Gasteiger partial charge is 0.478 e. The predicted octanol–water partition coefficient (Wildman–Crippen LogP) is 2.35. The van der Waals surface area contributed by atoms with Crippen molar-refractivity contribution in [3.63, 3.8) is 0 Å². The fraction of sp³-hybridized carbons (Fsp3) is 0. The highest BCUT2D eigenvalue weighted by atomic mass is 32.1. The molecule has 2 aromatic heterocycles. The Morgan fingerprint density at radius 1 is 1.26 bits per heavy atom. The van der Waals surface area contributed by atoms with E-state index in [9.17, 15) is 9.59 Å². The van der Waals surface area contributed by atoms with Crippen LogP contribution in [0, 0.1) is 0 Å². The number of carboxylic acid groups (broad SMARTS) is 1. The van der Waals surface area contributed by atoms with E-state index in [1.165, 1.54) is 23.5 Å². The molecule has 0 aliphatic rings. The van der Waals surface area contributed by atoms with Crippen LogP contribution in [0.15, 0.2) is 41.3 Å². The quantitative estimate of drug-likeness (QED) is 0.750. The second-order valence-electron chi connectivity index (χ2n) is 3.95. The van der Waals surface area contributed by atoms with Gasteiger partial charge in [0.25, 0.3) is 0 Å². The van der Waals surface area contributed by atoms with E-state index in [4.69, 9.17) is 5.11 Å². The highest BCUT2D eigenvalue weighted by Crippen LogP contribution is 2.29. The third-order valence-corrected chi connectivity index (χ3v) is 3.72. The zero-order chi connectivity index (χ0) is 13.4. The number of fused-ring (bicyclic) bond motifs is 1. The molecule has 0 saturated heterocycles. The highest BCUT2D eigenvalue weighted by molar-refractivity contribution is 7.21. The van der Waals surface area contributed by atoms with E-state index in [1.54, 1.807) is 24.4 Å². The molecule has 0 radical (unpaired) electrons. The summed E-state index contributed by atoms with van der Waals surface area (Å²) in [6, 6.07) is 8.01. The van der Waals surface area contributed by atoms with E-state index >= 15 is 0 Å². The number of carboxylic acids is 1. The number of carbonyl (C=O) groups is 1. The van der Waals surface area contributed by atoms with Gasteiger partial charge in [-0.2, -0.15) is 0 Å². The lowest BCUT2D eigenvalue weighted by Gasteiger charge is -1.92. The maximum Gasteiger partial charge on any atom is 0.335 e. The van der Waals surface area contributed by atoms with Gasteiger partial charge in [0.1, 0.15) is 5.01 Å². The van der Waals surface area contributed by atoms with Crippen LogP contribution < -0.4 is 5.56 Å². The number of H-pyrrole nitrogens is 1. The summed E-state index contributed by atoms with van der Waals surface area (Å²) in [5, 5.41) is 9.64. The zero-order valence-electron chi connectivity index (χ0n) is 9.58. The van der Waals surface area contributed by atoms with Gasteiger partial charge in [-0.25, -0.2) is 9.78 Å². The molecule has 0 aliphatic heterocycles. The molecule has 2 N–H and O–H groups in total. The minimum atomic E-state index is -0.965. The number of nitrogens with zero attached hydrogens (tertiary/aromatic N) is 1. The van der Waals surface area contributed by atoms with Crippen molar-refractivity contribution in [2.75, 3.05) is 0 Å². The monoisotopic (exact) mass is 272 g/mol. The van der Waals surface area contributed by atoms with E-state index in [1.807, 2.05) is 0 Å². The van der Waals surface area contributed by atoms with Crippen molar-refractivity contribution in [1.29, 1.82) is 0 Å². The number of nitrogens with one attached hydrogen (secondary N) is 1. The van der Waals surface area contributed by atoms with E-state index in [2.05, 4.69) is 9.97 Å². The number of rotatable bonds is 2. The first-order valence-corrected chi connectivity index (χ1v) is 6.28. The van der Waals surface area contributed by atoms with Gasteiger partial charge in [-0.1, -0.05) is 0 Å². The topological polar surface area (TPSA) is 83.0 Å². The lowest BCUT2D eigenvalue weighted by Crippen LogP contribution is -2.01. The maximum absolute atomic E-state index is 11.3. The maximum atomic E-state index is 11.3. The van der Waals surface area contributed by atoms with E-state index in [0.717, 1.165) is 15.8 Å². The van der Waals surface area contributed by atoms with Gasteiger partial charge in [-0.3, -0.25) is 4.79 Å². The van der Waals surface area contributed by atoms with E-state index in [0.29, 0.717) is 5.01 Å². The van der Waals surface area contributed by atoms with Crippen molar-refractivity contribution < 1.29 is 9.90 Å². The summed E-state index contributed by atoms with van der Waals surface area (Å²) in [7, 11) is 0. The van der Waals surface area contributed by atoms with Gasteiger partial charge in [-0.15, -0.1) is 11.3 Å². The van der Waals surface area contributed by atoms with Crippen LogP contribution in [-0.4, -0.2) is 21.0 Å². The van der Waals surface area contributed by atoms with Gasteiger partial charge in [0.15, 0.2) is 0 Å². The first-order valence-electron chi connectivity index (χ1n) is 5.46. The number of thiazole rings is 1. The second kappa shape index (κ2) is 4.33. The van der Waals surface area contributed by atoms with Gasteiger partial charge in [0.05, 0.1) is 15.8 Å². The fourth-order valence-corrected chi connectivity index (χ4v) is 2.76. The Morgan fingerprint density at radius 3 is 2.84 bits per heavy atom. The Kier molecular flexibility index (Phi) is 2.64. The number of aromatic amines is 1. The normalized spacial score (nSPS) is 10.7. The third-order valence-electron chi connectivity index (χ3n) is 2.66. The molecule has 0 fully saturated rings. The molecule has 6 heteroatoms. The Balaban J connectivity index is 2.16. The van der Waals surface area contributed by atoms with Crippen LogP contribution >= 0.6 is 11.3 Å². The Morgan fingerprint density at radius 2 is 2.11 bits per heavy atom. The number of aromatic nitrogens is 2. The lowest BCUT2D eigenvalue weighted by atomic mass is 10.2. The second-order valence-corrected chi connectivity index (χ2v) is 4.98. The summed E-state index contributed by atoms with van der Waals surface area (Å²) in [4.78, 5) is 29.1. The number of benzene rings is 1. The van der Waals surface area contributed by atoms with Crippen LogP contribution in [0.2, 0.25) is 0 Å². The molecular formula is C13H8N2O3S. The summed E-state index contributed by atoms with van der Waals surface area (Å²) in [5.74, 6) is -0.965. The molecule has 0 amide bonds. The van der Waals surface area contributed by atoms with Crippen LogP contribution in [-0.2, 0) is 0 Å². The predicted molar refractivity (Wildman–Crippen MR) is 72.6 cm³/mol. The van der Waals surface area contributed by atoms with Gasteiger partial charge in [-0.05, 0) is 24.3 Å². The molecule has 0 unspecified atom stereocenters. The van der Waals surface area contributed by atoms with Gasteiger partial charge >= 0.3 is 5.97 Å². The highest BCUT2D eigenvalue weighted by Gasteiger charge is 2.09. The molecule has 0 spiro atoms. The molecular weight excluding hydrogens is 264 g/mol. The Hall–Kier alpha value is -2.47. The summed E-state index contributed by atoms with van der Waals surface area (Å²) in [6.45, 7) is 0. The minimum Gasteiger partial charge on any atom is -0.478 e. The first-order chi connectivity index (χ1) is 9.13. The Labute approximate surface area is 111 Å². The van der Waals surface area contributed by atoms with Crippen LogP contribution in [0.25, 0.3) is 20.8 Å². The average Bonchev–Trinajstić information content (AvgIpc) is 2.81. The summed E-state index contributed by atoms with van der Waals surface area (Å²) >= 11 is 1.36. The van der Waals surface area contributed by atoms with Crippen molar-refractivity contribution in [2.45, 2.75) is 0 Å². The molecule has 2 heterocycles. The molecule has 0 bridgehead atoms. The van der Waals surface area contributed by atoms with Gasteiger partial charge in [0.2, 0.25) is 5.56 Å². The smallest absolute Gasteiger partial charge is 0.335 e. The number of pyridine rings is 1. The molecule has 0 aliphatic carbocycles.